The molecule has 0 aromatic carbocycles. The summed E-state index contributed by atoms with van der Waals surface area (Å²) in [6.07, 6.45) is 2.82. The van der Waals surface area contributed by atoms with Crippen molar-refractivity contribution in [3.63, 3.8) is 0 Å². The summed E-state index contributed by atoms with van der Waals surface area (Å²) in [6, 6.07) is 0. The Morgan fingerprint density at radius 1 is 1.53 bits per heavy atom. The summed E-state index contributed by atoms with van der Waals surface area (Å²) in [5.41, 5.74) is -0.264. The number of rotatable bonds is 6. The zero-order valence-corrected chi connectivity index (χ0v) is 11.9. The molecule has 0 aromatic heterocycles. The molecule has 1 aliphatic rings. The maximum atomic E-state index is 11.7. The third-order valence-electron chi connectivity index (χ3n) is 2.93. The van der Waals surface area contributed by atoms with E-state index in [-0.39, 0.29) is 23.9 Å². The lowest BCUT2D eigenvalue weighted by molar-refractivity contribution is -0.123. The Morgan fingerprint density at radius 3 is 2.76 bits per heavy atom. The summed E-state index contributed by atoms with van der Waals surface area (Å²) in [5.74, 6) is 0.810. The van der Waals surface area contributed by atoms with E-state index >= 15 is 0 Å². The van der Waals surface area contributed by atoms with Crippen molar-refractivity contribution in [1.82, 2.24) is 10.6 Å². The minimum Gasteiger partial charge on any atom is -0.382 e. The largest absolute Gasteiger partial charge is 0.382 e. The molecule has 5 heteroatoms. The first-order valence-electron chi connectivity index (χ1n) is 6.04. The summed E-state index contributed by atoms with van der Waals surface area (Å²) >= 11 is 0. The van der Waals surface area contributed by atoms with Crippen LogP contribution in [0.25, 0.3) is 0 Å². The highest BCUT2D eigenvalue weighted by Gasteiger charge is 2.21. The minimum absolute atomic E-state index is 0. The van der Waals surface area contributed by atoms with Crippen LogP contribution in [-0.4, -0.2) is 38.3 Å². The molecule has 0 radical (unpaired) electrons. The third kappa shape index (κ3) is 6.86. The van der Waals surface area contributed by atoms with Crippen LogP contribution in [-0.2, 0) is 9.53 Å². The highest BCUT2D eigenvalue weighted by Crippen LogP contribution is 2.14. The van der Waals surface area contributed by atoms with Crippen molar-refractivity contribution in [3.05, 3.63) is 0 Å². The monoisotopic (exact) mass is 264 g/mol. The van der Waals surface area contributed by atoms with Gasteiger partial charge in [0.2, 0.25) is 5.91 Å². The van der Waals surface area contributed by atoms with Gasteiger partial charge in [-0.1, -0.05) is 0 Å². The second kappa shape index (κ2) is 7.90. The van der Waals surface area contributed by atoms with Crippen LogP contribution in [0.1, 0.15) is 33.1 Å². The number of methoxy groups -OCH3 is 1. The molecule has 1 amide bonds. The van der Waals surface area contributed by atoms with E-state index in [9.17, 15) is 4.79 Å². The predicted molar refractivity (Wildman–Crippen MR) is 71.6 cm³/mol. The van der Waals surface area contributed by atoms with Crippen LogP contribution >= 0.6 is 12.4 Å². The van der Waals surface area contributed by atoms with Gasteiger partial charge in [0, 0.05) is 13.5 Å². The zero-order chi connectivity index (χ0) is 12.0. The Balaban J connectivity index is 0.00000256. The number of nitrogens with one attached hydrogen (secondary N) is 2. The summed E-state index contributed by atoms with van der Waals surface area (Å²) in [4.78, 5) is 11.7. The molecule has 0 spiro atoms. The van der Waals surface area contributed by atoms with E-state index in [0.717, 1.165) is 19.5 Å². The van der Waals surface area contributed by atoms with E-state index in [4.69, 9.17) is 4.74 Å². The lowest BCUT2D eigenvalue weighted by Gasteiger charge is -2.25. The average molecular weight is 265 g/mol. The van der Waals surface area contributed by atoms with Crippen LogP contribution in [0.2, 0.25) is 0 Å². The fraction of sp³-hybridized carbons (Fsp3) is 0.917. The fourth-order valence-electron chi connectivity index (χ4n) is 2.13. The minimum atomic E-state index is -0.264. The Hall–Kier alpha value is -0.320. The molecule has 1 fully saturated rings. The van der Waals surface area contributed by atoms with Gasteiger partial charge in [-0.05, 0) is 45.7 Å². The number of amides is 1. The number of hydrogen-bond acceptors (Lipinski definition) is 3. The SMILES string of the molecule is COCC(C)(C)NC(=O)CCC1CCNC1.Cl. The molecule has 0 aliphatic carbocycles. The summed E-state index contributed by atoms with van der Waals surface area (Å²) < 4.78 is 5.06. The Morgan fingerprint density at radius 2 is 2.24 bits per heavy atom. The van der Waals surface area contributed by atoms with Crippen LogP contribution in [0.15, 0.2) is 0 Å². The molecule has 17 heavy (non-hydrogen) atoms. The maximum absolute atomic E-state index is 11.7. The number of ether oxygens (including phenoxy) is 1. The Bertz CT molecular complexity index is 229. The summed E-state index contributed by atoms with van der Waals surface area (Å²) in [7, 11) is 1.65. The van der Waals surface area contributed by atoms with E-state index in [2.05, 4.69) is 10.6 Å². The quantitative estimate of drug-likeness (QED) is 0.761. The van der Waals surface area contributed by atoms with Gasteiger partial charge in [-0.15, -0.1) is 12.4 Å². The zero-order valence-electron chi connectivity index (χ0n) is 11.0. The van der Waals surface area contributed by atoms with Crippen LogP contribution in [0.3, 0.4) is 0 Å². The maximum Gasteiger partial charge on any atom is 0.220 e. The van der Waals surface area contributed by atoms with Gasteiger partial charge in [-0.2, -0.15) is 0 Å². The average Bonchev–Trinajstić information content (AvgIpc) is 2.66. The number of hydrogen-bond donors (Lipinski definition) is 2. The molecule has 0 aromatic rings. The highest BCUT2D eigenvalue weighted by molar-refractivity contribution is 5.85. The van der Waals surface area contributed by atoms with Gasteiger partial charge in [-0.25, -0.2) is 0 Å². The molecule has 4 nitrogen and oxygen atoms in total. The molecule has 1 atom stereocenters. The molecule has 1 rings (SSSR count). The standard InChI is InChI=1S/C12H24N2O2.ClH/c1-12(2,9-16-3)14-11(15)5-4-10-6-7-13-8-10;/h10,13H,4-9H2,1-3H3,(H,14,15);1H. The fourth-order valence-corrected chi connectivity index (χ4v) is 2.13. The molecule has 102 valence electrons. The van der Waals surface area contributed by atoms with Crippen molar-refractivity contribution < 1.29 is 9.53 Å². The molecule has 1 heterocycles. The van der Waals surface area contributed by atoms with Gasteiger partial charge in [0.15, 0.2) is 0 Å². The lowest BCUT2D eigenvalue weighted by atomic mass is 10.0. The second-order valence-corrected chi connectivity index (χ2v) is 5.26. The van der Waals surface area contributed by atoms with Crippen LogP contribution in [0, 0.1) is 5.92 Å². The van der Waals surface area contributed by atoms with Gasteiger partial charge >= 0.3 is 0 Å². The van der Waals surface area contributed by atoms with Crippen molar-refractivity contribution in [2.45, 2.75) is 38.6 Å². The van der Waals surface area contributed by atoms with Crippen molar-refractivity contribution >= 4 is 18.3 Å². The van der Waals surface area contributed by atoms with Crippen LogP contribution in [0.5, 0.6) is 0 Å². The van der Waals surface area contributed by atoms with Gasteiger partial charge < -0.3 is 15.4 Å². The first-order valence-corrected chi connectivity index (χ1v) is 6.04. The van der Waals surface area contributed by atoms with Gasteiger partial charge in [0.05, 0.1) is 12.1 Å². The van der Waals surface area contributed by atoms with Gasteiger partial charge in [0.25, 0.3) is 0 Å². The molecule has 1 unspecified atom stereocenters. The molecule has 2 N–H and O–H groups in total. The smallest absolute Gasteiger partial charge is 0.220 e. The number of carbonyl (C=O) groups excluding carboxylic acids is 1. The molecule has 0 bridgehead atoms. The highest BCUT2D eigenvalue weighted by atomic mass is 35.5. The summed E-state index contributed by atoms with van der Waals surface area (Å²) in [6.45, 7) is 6.66. The number of halogens is 1. The second-order valence-electron chi connectivity index (χ2n) is 5.26. The van der Waals surface area contributed by atoms with Crippen molar-refractivity contribution in [2.24, 2.45) is 5.92 Å². The summed E-state index contributed by atoms with van der Waals surface area (Å²) in [5, 5.41) is 6.31. The Kier molecular flexibility index (Phi) is 7.75. The van der Waals surface area contributed by atoms with Crippen LogP contribution < -0.4 is 10.6 Å². The number of carbonyl (C=O) groups is 1. The van der Waals surface area contributed by atoms with E-state index in [0.29, 0.717) is 18.9 Å². The van der Waals surface area contributed by atoms with Crippen molar-refractivity contribution in [1.29, 1.82) is 0 Å². The van der Waals surface area contributed by atoms with E-state index in [1.807, 2.05) is 13.8 Å². The third-order valence-corrected chi connectivity index (χ3v) is 2.93. The molecule has 1 saturated heterocycles. The first kappa shape index (κ1) is 16.7. The molecular formula is C12H25ClN2O2. The molecule has 0 saturated carbocycles. The van der Waals surface area contributed by atoms with E-state index in [1.165, 1.54) is 6.42 Å². The van der Waals surface area contributed by atoms with Crippen molar-refractivity contribution in [3.8, 4) is 0 Å². The molecular weight excluding hydrogens is 240 g/mol. The van der Waals surface area contributed by atoms with Gasteiger partial charge in [0.1, 0.15) is 0 Å². The Labute approximate surface area is 110 Å². The van der Waals surface area contributed by atoms with Crippen LogP contribution in [0.4, 0.5) is 0 Å². The molecule has 1 aliphatic heterocycles. The normalized spacial score (nSPS) is 19.8. The van der Waals surface area contributed by atoms with E-state index in [1.54, 1.807) is 7.11 Å². The topological polar surface area (TPSA) is 50.4 Å². The van der Waals surface area contributed by atoms with Gasteiger partial charge in [-0.3, -0.25) is 4.79 Å². The van der Waals surface area contributed by atoms with E-state index < -0.39 is 0 Å². The predicted octanol–water partition coefficient (Wildman–Crippen LogP) is 1.34. The lowest BCUT2D eigenvalue weighted by Crippen LogP contribution is -2.46. The van der Waals surface area contributed by atoms with Crippen molar-refractivity contribution in [2.75, 3.05) is 26.8 Å². The first-order chi connectivity index (χ1) is 7.53.